The monoisotopic (exact) mass is 373 g/mol. The second-order valence-electron chi connectivity index (χ2n) is 5.83. The van der Waals surface area contributed by atoms with E-state index in [0.29, 0.717) is 22.3 Å². The molecule has 1 amide bonds. The highest BCUT2D eigenvalue weighted by molar-refractivity contribution is 5.79. The lowest BCUT2D eigenvalue weighted by atomic mass is 10.2. The van der Waals surface area contributed by atoms with Gasteiger partial charge in [0.05, 0.1) is 10.9 Å². The van der Waals surface area contributed by atoms with Crippen molar-refractivity contribution in [3.63, 3.8) is 0 Å². The number of carbonyl (C=O) groups excluding carboxylic acids is 1. The molecule has 0 aliphatic rings. The Morgan fingerprint density at radius 1 is 1.19 bits per heavy atom. The Morgan fingerprint density at radius 3 is 2.67 bits per heavy atom. The summed E-state index contributed by atoms with van der Waals surface area (Å²) in [5.41, 5.74) is 0.663. The number of fused-ring (bicyclic) bond motifs is 1. The third kappa shape index (κ3) is 4.28. The summed E-state index contributed by atoms with van der Waals surface area (Å²) in [6, 6.07) is 13.1. The molecule has 0 unspecified atom stereocenters. The van der Waals surface area contributed by atoms with E-state index in [9.17, 15) is 18.4 Å². The van der Waals surface area contributed by atoms with Crippen LogP contribution in [0.4, 0.5) is 8.78 Å². The summed E-state index contributed by atoms with van der Waals surface area (Å²) in [6.45, 7) is -1.53. The molecule has 1 aromatic heterocycles. The highest BCUT2D eigenvalue weighted by atomic mass is 19.3. The molecule has 6 nitrogen and oxygen atoms in total. The van der Waals surface area contributed by atoms with Crippen molar-refractivity contribution in [2.45, 2.75) is 26.6 Å². The number of amides is 1. The van der Waals surface area contributed by atoms with Crippen LogP contribution in [-0.4, -0.2) is 22.1 Å². The van der Waals surface area contributed by atoms with Gasteiger partial charge in [-0.15, -0.1) is 0 Å². The van der Waals surface area contributed by atoms with Gasteiger partial charge in [-0.05, 0) is 25.1 Å². The second kappa shape index (κ2) is 7.94. The minimum atomic E-state index is -2.95. The highest BCUT2D eigenvalue weighted by Crippen LogP contribution is 2.19. The number of para-hydroxylation sites is 2. The van der Waals surface area contributed by atoms with Crippen LogP contribution < -0.4 is 15.6 Å². The predicted molar refractivity (Wildman–Crippen MR) is 95.7 cm³/mol. The Balaban J connectivity index is 1.74. The Morgan fingerprint density at radius 2 is 1.89 bits per heavy atom. The fourth-order valence-corrected chi connectivity index (χ4v) is 2.72. The van der Waals surface area contributed by atoms with Gasteiger partial charge in [0.15, 0.2) is 0 Å². The molecule has 1 heterocycles. The Labute approximate surface area is 153 Å². The van der Waals surface area contributed by atoms with Crippen molar-refractivity contribution in [3.8, 4) is 5.75 Å². The molecule has 0 saturated carbocycles. The number of aryl methyl sites for hydroxylation is 1. The van der Waals surface area contributed by atoms with E-state index in [0.717, 1.165) is 0 Å². The number of hydrogen-bond donors (Lipinski definition) is 1. The van der Waals surface area contributed by atoms with Crippen LogP contribution in [0.25, 0.3) is 10.9 Å². The van der Waals surface area contributed by atoms with Crippen molar-refractivity contribution in [1.82, 2.24) is 14.9 Å². The van der Waals surface area contributed by atoms with Crippen molar-refractivity contribution < 1.29 is 18.3 Å². The summed E-state index contributed by atoms with van der Waals surface area (Å²) in [5, 5.41) is 3.04. The molecule has 0 radical (unpaired) electrons. The normalized spacial score (nSPS) is 11.0. The largest absolute Gasteiger partial charge is 0.434 e. The minimum Gasteiger partial charge on any atom is -0.434 e. The first-order chi connectivity index (χ1) is 13.0. The summed E-state index contributed by atoms with van der Waals surface area (Å²) < 4.78 is 30.6. The molecule has 0 aliphatic heterocycles. The molecule has 0 spiro atoms. The standard InChI is InChI=1S/C19H17F2N3O3/c1-12-23-15-8-4-3-7-14(15)18(26)24(12)11-17(25)22-10-13-6-2-5-9-16(13)27-19(20)21/h2-9,19H,10-11H2,1H3,(H,22,25). The number of hydrogen-bond acceptors (Lipinski definition) is 4. The molecule has 0 fully saturated rings. The number of rotatable bonds is 6. The number of nitrogens with zero attached hydrogens (tertiary/aromatic N) is 2. The molecule has 8 heteroatoms. The van der Waals surface area contributed by atoms with E-state index in [1.165, 1.54) is 10.6 Å². The summed E-state index contributed by atoms with van der Waals surface area (Å²) in [6.07, 6.45) is 0. The van der Waals surface area contributed by atoms with Gasteiger partial charge in [-0.25, -0.2) is 4.98 Å². The zero-order chi connectivity index (χ0) is 19.4. The van der Waals surface area contributed by atoms with Crippen LogP contribution in [-0.2, 0) is 17.9 Å². The van der Waals surface area contributed by atoms with Gasteiger partial charge in [0, 0.05) is 12.1 Å². The van der Waals surface area contributed by atoms with Gasteiger partial charge in [0.2, 0.25) is 5.91 Å². The van der Waals surface area contributed by atoms with Gasteiger partial charge >= 0.3 is 6.61 Å². The number of halogens is 2. The van der Waals surface area contributed by atoms with E-state index in [4.69, 9.17) is 0 Å². The quantitative estimate of drug-likeness (QED) is 0.721. The van der Waals surface area contributed by atoms with E-state index < -0.39 is 12.5 Å². The lowest BCUT2D eigenvalue weighted by Crippen LogP contribution is -2.33. The molecule has 0 atom stereocenters. The minimum absolute atomic E-state index is 0.00344. The number of carbonyl (C=O) groups is 1. The van der Waals surface area contributed by atoms with E-state index >= 15 is 0 Å². The first-order valence-corrected chi connectivity index (χ1v) is 8.21. The summed E-state index contributed by atoms with van der Waals surface area (Å²) in [5.74, 6) is -0.0343. The third-order valence-electron chi connectivity index (χ3n) is 4.02. The topological polar surface area (TPSA) is 73.2 Å². The van der Waals surface area contributed by atoms with Gasteiger partial charge in [-0.3, -0.25) is 14.2 Å². The number of nitrogens with one attached hydrogen (secondary N) is 1. The van der Waals surface area contributed by atoms with Crippen molar-refractivity contribution in [1.29, 1.82) is 0 Å². The van der Waals surface area contributed by atoms with Crippen LogP contribution in [0.15, 0.2) is 53.3 Å². The first kappa shape index (κ1) is 18.5. The Hall–Kier alpha value is -3.29. The van der Waals surface area contributed by atoms with Gasteiger partial charge in [-0.2, -0.15) is 8.78 Å². The molecule has 27 heavy (non-hydrogen) atoms. The fourth-order valence-electron chi connectivity index (χ4n) is 2.72. The highest BCUT2D eigenvalue weighted by Gasteiger charge is 2.13. The van der Waals surface area contributed by atoms with Gasteiger partial charge in [-0.1, -0.05) is 30.3 Å². The molecule has 0 aliphatic carbocycles. The van der Waals surface area contributed by atoms with Crippen LogP contribution in [0.2, 0.25) is 0 Å². The van der Waals surface area contributed by atoms with Crippen LogP contribution >= 0.6 is 0 Å². The summed E-state index contributed by atoms with van der Waals surface area (Å²) in [7, 11) is 0. The van der Waals surface area contributed by atoms with Gasteiger partial charge in [0.1, 0.15) is 18.1 Å². The van der Waals surface area contributed by atoms with Crippen LogP contribution in [0.5, 0.6) is 5.75 Å². The smallest absolute Gasteiger partial charge is 0.387 e. The van der Waals surface area contributed by atoms with E-state index in [1.54, 1.807) is 49.4 Å². The average Bonchev–Trinajstić information content (AvgIpc) is 2.64. The maximum atomic E-state index is 12.6. The van der Waals surface area contributed by atoms with Gasteiger partial charge < -0.3 is 10.1 Å². The molecule has 1 N–H and O–H groups in total. The molecule has 3 aromatic rings. The van der Waals surface area contributed by atoms with Crippen LogP contribution in [0, 0.1) is 6.92 Å². The fraction of sp³-hybridized carbons (Fsp3) is 0.211. The van der Waals surface area contributed by atoms with E-state index in [1.807, 2.05) is 0 Å². The second-order valence-corrected chi connectivity index (χ2v) is 5.83. The van der Waals surface area contributed by atoms with E-state index in [2.05, 4.69) is 15.0 Å². The maximum Gasteiger partial charge on any atom is 0.387 e. The zero-order valence-corrected chi connectivity index (χ0v) is 14.5. The first-order valence-electron chi connectivity index (χ1n) is 8.21. The number of benzene rings is 2. The van der Waals surface area contributed by atoms with Gasteiger partial charge in [0.25, 0.3) is 5.56 Å². The summed E-state index contributed by atoms with van der Waals surface area (Å²) >= 11 is 0. The van der Waals surface area contributed by atoms with E-state index in [-0.39, 0.29) is 24.4 Å². The lowest BCUT2D eigenvalue weighted by Gasteiger charge is -2.13. The Bertz CT molecular complexity index is 1030. The SMILES string of the molecule is Cc1nc2ccccc2c(=O)n1CC(=O)NCc1ccccc1OC(F)F. The van der Waals surface area contributed by atoms with Crippen molar-refractivity contribution in [3.05, 3.63) is 70.3 Å². The van der Waals surface area contributed by atoms with Crippen molar-refractivity contribution >= 4 is 16.8 Å². The van der Waals surface area contributed by atoms with Crippen LogP contribution in [0.3, 0.4) is 0 Å². The molecule has 0 saturated heterocycles. The molecule has 140 valence electrons. The molecule has 0 bridgehead atoms. The zero-order valence-electron chi connectivity index (χ0n) is 14.5. The maximum absolute atomic E-state index is 12.6. The molecular formula is C19H17F2N3O3. The average molecular weight is 373 g/mol. The van der Waals surface area contributed by atoms with Crippen LogP contribution in [0.1, 0.15) is 11.4 Å². The molecular weight excluding hydrogens is 356 g/mol. The number of aromatic nitrogens is 2. The summed E-state index contributed by atoms with van der Waals surface area (Å²) in [4.78, 5) is 29.2. The lowest BCUT2D eigenvalue weighted by molar-refractivity contribution is -0.121. The Kier molecular flexibility index (Phi) is 5.44. The number of ether oxygens (including phenoxy) is 1. The van der Waals surface area contributed by atoms with Crippen molar-refractivity contribution in [2.24, 2.45) is 0 Å². The molecule has 2 aromatic carbocycles. The third-order valence-corrected chi connectivity index (χ3v) is 4.02. The number of alkyl halides is 2. The predicted octanol–water partition coefficient (Wildman–Crippen LogP) is 2.62. The van der Waals surface area contributed by atoms with Crippen molar-refractivity contribution in [2.75, 3.05) is 0 Å². The molecule has 3 rings (SSSR count).